The standard InChI is InChI=1S/C17H18N4O2/c1-23-14-4-6-15-13(11-14)3-5-16(20-15)17(22)19-7-2-9-21-10-8-18-12-21/h3-6,8,10-12H,2,7,9H2,1H3,(H,19,22). The molecule has 0 aliphatic heterocycles. The first-order valence-corrected chi connectivity index (χ1v) is 7.45. The lowest BCUT2D eigenvalue weighted by molar-refractivity contribution is 0.0948. The van der Waals surface area contributed by atoms with Gasteiger partial charge in [0.15, 0.2) is 0 Å². The SMILES string of the molecule is COc1ccc2nc(C(=O)NCCCn3ccnc3)ccc2c1. The fraction of sp³-hybridized carbons (Fsp3) is 0.235. The van der Waals surface area contributed by atoms with Gasteiger partial charge in [-0.15, -0.1) is 0 Å². The molecule has 2 aromatic heterocycles. The van der Waals surface area contributed by atoms with Crippen LogP contribution in [0.15, 0.2) is 49.1 Å². The first-order chi connectivity index (χ1) is 11.3. The largest absolute Gasteiger partial charge is 0.497 e. The average molecular weight is 310 g/mol. The number of ether oxygens (including phenoxy) is 1. The van der Waals surface area contributed by atoms with E-state index in [-0.39, 0.29) is 5.91 Å². The van der Waals surface area contributed by atoms with Crippen molar-refractivity contribution in [1.29, 1.82) is 0 Å². The van der Waals surface area contributed by atoms with Crippen LogP contribution in [0.4, 0.5) is 0 Å². The third-order valence-corrected chi connectivity index (χ3v) is 3.57. The summed E-state index contributed by atoms with van der Waals surface area (Å²) >= 11 is 0. The Hall–Kier alpha value is -2.89. The van der Waals surface area contributed by atoms with Crippen LogP contribution >= 0.6 is 0 Å². The highest BCUT2D eigenvalue weighted by molar-refractivity contribution is 5.95. The molecule has 3 rings (SSSR count). The first kappa shape index (κ1) is 15.0. The van der Waals surface area contributed by atoms with Gasteiger partial charge >= 0.3 is 0 Å². The summed E-state index contributed by atoms with van der Waals surface area (Å²) in [4.78, 5) is 20.5. The van der Waals surface area contributed by atoms with Crippen molar-refractivity contribution in [2.45, 2.75) is 13.0 Å². The number of aromatic nitrogens is 3. The topological polar surface area (TPSA) is 69.0 Å². The number of carbonyl (C=O) groups is 1. The number of carbonyl (C=O) groups excluding carboxylic acids is 1. The minimum absolute atomic E-state index is 0.159. The number of nitrogens with one attached hydrogen (secondary N) is 1. The van der Waals surface area contributed by atoms with Gasteiger partial charge in [-0.05, 0) is 30.7 Å². The lowest BCUT2D eigenvalue weighted by Crippen LogP contribution is -2.26. The summed E-state index contributed by atoms with van der Waals surface area (Å²) in [6, 6.07) is 9.19. The van der Waals surface area contributed by atoms with Crippen LogP contribution in [0.3, 0.4) is 0 Å². The quantitative estimate of drug-likeness (QED) is 0.709. The zero-order valence-corrected chi connectivity index (χ0v) is 12.9. The summed E-state index contributed by atoms with van der Waals surface area (Å²) in [5.74, 6) is 0.615. The van der Waals surface area contributed by atoms with Gasteiger partial charge < -0.3 is 14.6 Å². The van der Waals surface area contributed by atoms with Crippen LogP contribution in [-0.2, 0) is 6.54 Å². The number of hydrogen-bond acceptors (Lipinski definition) is 4. The van der Waals surface area contributed by atoms with Crippen LogP contribution in [0.5, 0.6) is 5.75 Å². The van der Waals surface area contributed by atoms with Crippen LogP contribution < -0.4 is 10.1 Å². The van der Waals surface area contributed by atoms with Crippen LogP contribution in [-0.4, -0.2) is 34.1 Å². The summed E-state index contributed by atoms with van der Waals surface area (Å²) < 4.78 is 7.16. The monoisotopic (exact) mass is 310 g/mol. The van der Waals surface area contributed by atoms with Gasteiger partial charge in [0.1, 0.15) is 11.4 Å². The maximum atomic E-state index is 12.2. The van der Waals surface area contributed by atoms with Gasteiger partial charge in [-0.3, -0.25) is 4.79 Å². The number of nitrogens with zero attached hydrogens (tertiary/aromatic N) is 3. The molecule has 0 saturated heterocycles. The molecule has 0 atom stereocenters. The van der Waals surface area contributed by atoms with Crippen molar-refractivity contribution >= 4 is 16.8 Å². The number of rotatable bonds is 6. The molecule has 6 heteroatoms. The van der Waals surface area contributed by atoms with Gasteiger partial charge in [0, 0.05) is 30.9 Å². The summed E-state index contributed by atoms with van der Waals surface area (Å²) in [5, 5.41) is 3.83. The Balaban J connectivity index is 1.59. The van der Waals surface area contributed by atoms with E-state index in [0.717, 1.165) is 29.6 Å². The van der Waals surface area contributed by atoms with Gasteiger partial charge in [-0.1, -0.05) is 6.07 Å². The molecular formula is C17H18N4O2. The molecule has 2 heterocycles. The zero-order valence-electron chi connectivity index (χ0n) is 12.9. The molecule has 1 N–H and O–H groups in total. The third-order valence-electron chi connectivity index (χ3n) is 3.57. The number of methoxy groups -OCH3 is 1. The van der Waals surface area contributed by atoms with Gasteiger partial charge in [-0.25, -0.2) is 9.97 Å². The van der Waals surface area contributed by atoms with E-state index in [9.17, 15) is 4.79 Å². The predicted octanol–water partition coefficient (Wildman–Crippen LogP) is 2.26. The highest BCUT2D eigenvalue weighted by atomic mass is 16.5. The molecule has 0 aliphatic carbocycles. The number of aryl methyl sites for hydroxylation is 1. The molecule has 0 radical (unpaired) electrons. The zero-order chi connectivity index (χ0) is 16.1. The maximum Gasteiger partial charge on any atom is 0.269 e. The molecule has 0 fully saturated rings. The molecule has 3 aromatic rings. The van der Waals surface area contributed by atoms with Crippen molar-refractivity contribution in [3.05, 3.63) is 54.7 Å². The van der Waals surface area contributed by atoms with Crippen LogP contribution in [0.2, 0.25) is 0 Å². The van der Waals surface area contributed by atoms with Crippen molar-refractivity contribution in [2.75, 3.05) is 13.7 Å². The van der Waals surface area contributed by atoms with E-state index >= 15 is 0 Å². The van der Waals surface area contributed by atoms with Crippen molar-refractivity contribution in [3.8, 4) is 5.75 Å². The molecule has 0 unspecified atom stereocenters. The highest BCUT2D eigenvalue weighted by Gasteiger charge is 2.08. The fourth-order valence-electron chi connectivity index (χ4n) is 2.33. The fourth-order valence-corrected chi connectivity index (χ4v) is 2.33. The van der Waals surface area contributed by atoms with E-state index in [1.54, 1.807) is 25.7 Å². The van der Waals surface area contributed by atoms with Crippen LogP contribution in [0.25, 0.3) is 10.9 Å². The molecule has 6 nitrogen and oxygen atoms in total. The Bertz CT molecular complexity index is 799. The number of hydrogen-bond donors (Lipinski definition) is 1. The normalized spacial score (nSPS) is 10.7. The first-order valence-electron chi connectivity index (χ1n) is 7.45. The number of pyridine rings is 1. The van der Waals surface area contributed by atoms with E-state index in [1.165, 1.54) is 0 Å². The Morgan fingerprint density at radius 2 is 2.22 bits per heavy atom. The molecular weight excluding hydrogens is 292 g/mol. The van der Waals surface area contributed by atoms with Crippen molar-refractivity contribution < 1.29 is 9.53 Å². The average Bonchev–Trinajstić information content (AvgIpc) is 3.11. The number of fused-ring (bicyclic) bond motifs is 1. The van der Waals surface area contributed by atoms with Gasteiger partial charge in [0.2, 0.25) is 0 Å². The molecule has 118 valence electrons. The second-order valence-corrected chi connectivity index (χ2v) is 5.17. The van der Waals surface area contributed by atoms with Gasteiger partial charge in [-0.2, -0.15) is 0 Å². The van der Waals surface area contributed by atoms with Crippen LogP contribution in [0, 0.1) is 0 Å². The number of amides is 1. The minimum atomic E-state index is -0.159. The van der Waals surface area contributed by atoms with Crippen LogP contribution in [0.1, 0.15) is 16.9 Å². The molecule has 23 heavy (non-hydrogen) atoms. The number of benzene rings is 1. The molecule has 1 aromatic carbocycles. The maximum absolute atomic E-state index is 12.2. The van der Waals surface area contributed by atoms with Crippen molar-refractivity contribution in [2.24, 2.45) is 0 Å². The molecule has 0 bridgehead atoms. The van der Waals surface area contributed by atoms with Crippen molar-refractivity contribution in [3.63, 3.8) is 0 Å². The van der Waals surface area contributed by atoms with Gasteiger partial charge in [0.25, 0.3) is 5.91 Å². The predicted molar refractivity (Wildman–Crippen MR) is 87.5 cm³/mol. The summed E-state index contributed by atoms with van der Waals surface area (Å²) in [7, 11) is 1.63. The highest BCUT2D eigenvalue weighted by Crippen LogP contribution is 2.19. The Labute approximate surface area is 134 Å². The van der Waals surface area contributed by atoms with Crippen molar-refractivity contribution in [1.82, 2.24) is 19.9 Å². The lowest BCUT2D eigenvalue weighted by atomic mass is 10.2. The lowest BCUT2D eigenvalue weighted by Gasteiger charge is -2.07. The molecule has 0 spiro atoms. The van der Waals surface area contributed by atoms with Gasteiger partial charge in [0.05, 0.1) is 19.0 Å². The third kappa shape index (κ3) is 3.66. The Kier molecular flexibility index (Phi) is 4.52. The summed E-state index contributed by atoms with van der Waals surface area (Å²) in [6.45, 7) is 1.42. The minimum Gasteiger partial charge on any atom is -0.497 e. The smallest absolute Gasteiger partial charge is 0.269 e. The van der Waals surface area contributed by atoms with E-state index in [1.807, 2.05) is 35.0 Å². The second-order valence-electron chi connectivity index (χ2n) is 5.17. The van der Waals surface area contributed by atoms with E-state index in [4.69, 9.17) is 4.74 Å². The Morgan fingerprint density at radius 1 is 1.30 bits per heavy atom. The van der Waals surface area contributed by atoms with E-state index < -0.39 is 0 Å². The molecule has 0 saturated carbocycles. The Morgan fingerprint density at radius 3 is 3.00 bits per heavy atom. The second kappa shape index (κ2) is 6.91. The number of imidazole rings is 1. The summed E-state index contributed by atoms with van der Waals surface area (Å²) in [5.41, 5.74) is 1.20. The molecule has 0 aliphatic rings. The van der Waals surface area contributed by atoms with E-state index in [0.29, 0.717) is 12.2 Å². The molecule has 1 amide bonds. The summed E-state index contributed by atoms with van der Waals surface area (Å²) in [6.07, 6.45) is 6.25. The van der Waals surface area contributed by atoms with E-state index in [2.05, 4.69) is 15.3 Å².